The summed E-state index contributed by atoms with van der Waals surface area (Å²) in [5.74, 6) is 1.51. The summed E-state index contributed by atoms with van der Waals surface area (Å²) in [6.45, 7) is 0. The number of halogens is 1. The molecule has 0 bridgehead atoms. The Balaban J connectivity index is 1.96. The summed E-state index contributed by atoms with van der Waals surface area (Å²) < 4.78 is 6.66. The molecule has 0 saturated heterocycles. The van der Waals surface area contributed by atoms with E-state index in [1.54, 1.807) is 6.21 Å². The number of rotatable bonds is 3. The maximum absolute atomic E-state index is 5.74. The second-order valence-corrected chi connectivity index (χ2v) is 5.81. The van der Waals surface area contributed by atoms with E-state index in [0.29, 0.717) is 0 Å². The summed E-state index contributed by atoms with van der Waals surface area (Å²) in [5.41, 5.74) is 0.937. The van der Waals surface area contributed by atoms with E-state index in [1.165, 1.54) is 5.39 Å². The largest absolute Gasteiger partial charge is 0.438 e. The third-order valence-electron chi connectivity index (χ3n) is 3.19. The van der Waals surface area contributed by atoms with Crippen LogP contribution in [0.25, 0.3) is 10.8 Å². The van der Waals surface area contributed by atoms with Crippen LogP contribution in [0, 0.1) is 0 Å². The highest BCUT2D eigenvalue weighted by Crippen LogP contribution is 2.29. The topological polar surface area (TPSA) is 28.7 Å². The highest BCUT2D eigenvalue weighted by Gasteiger charge is 2.09. The molecule has 21 heavy (non-hydrogen) atoms. The van der Waals surface area contributed by atoms with E-state index in [2.05, 4.69) is 39.1 Å². The zero-order chi connectivity index (χ0) is 14.8. The number of nitrogens with zero attached hydrogens (tertiary/aromatic N) is 2. The fourth-order valence-electron chi connectivity index (χ4n) is 2.20. The van der Waals surface area contributed by atoms with E-state index in [0.717, 1.165) is 27.2 Å². The van der Waals surface area contributed by atoms with Gasteiger partial charge in [0.1, 0.15) is 5.76 Å². The second kappa shape index (κ2) is 5.74. The average Bonchev–Trinajstić information content (AvgIpc) is 2.86. The molecule has 4 heteroatoms. The van der Waals surface area contributed by atoms with Gasteiger partial charge in [-0.1, -0.05) is 36.4 Å². The molecule has 0 aliphatic carbocycles. The summed E-state index contributed by atoms with van der Waals surface area (Å²) in [6.07, 6.45) is 1.75. The summed E-state index contributed by atoms with van der Waals surface area (Å²) in [5, 5.41) is 2.32. The van der Waals surface area contributed by atoms with Gasteiger partial charge in [-0.2, -0.15) is 0 Å². The Morgan fingerprint density at radius 1 is 1.10 bits per heavy atom. The van der Waals surface area contributed by atoms with Crippen LogP contribution in [0.4, 0.5) is 11.6 Å². The number of benzene rings is 2. The molecule has 2 aromatic carbocycles. The zero-order valence-electron chi connectivity index (χ0n) is 11.9. The van der Waals surface area contributed by atoms with Crippen molar-refractivity contribution in [2.75, 3.05) is 19.0 Å². The number of aliphatic imine (C=N–C) groups is 1. The van der Waals surface area contributed by atoms with Gasteiger partial charge in [0.25, 0.3) is 0 Å². The molecule has 3 aromatic rings. The monoisotopic (exact) mass is 342 g/mol. The Morgan fingerprint density at radius 2 is 1.86 bits per heavy atom. The van der Waals surface area contributed by atoms with Gasteiger partial charge < -0.3 is 9.32 Å². The lowest BCUT2D eigenvalue weighted by atomic mass is 10.1. The second-order valence-electron chi connectivity index (χ2n) is 4.95. The quantitative estimate of drug-likeness (QED) is 0.626. The van der Waals surface area contributed by atoms with Crippen LogP contribution in [0.1, 0.15) is 5.76 Å². The lowest BCUT2D eigenvalue weighted by Gasteiger charge is -2.07. The van der Waals surface area contributed by atoms with Crippen LogP contribution in [-0.4, -0.2) is 20.3 Å². The fraction of sp³-hybridized carbons (Fsp3) is 0.118. The molecule has 3 nitrogen and oxygen atoms in total. The van der Waals surface area contributed by atoms with Gasteiger partial charge >= 0.3 is 0 Å². The molecule has 3 rings (SSSR count). The van der Waals surface area contributed by atoms with Crippen LogP contribution in [-0.2, 0) is 0 Å². The van der Waals surface area contributed by atoms with Gasteiger partial charge in [-0.15, -0.1) is 0 Å². The molecule has 0 fully saturated rings. The molecule has 106 valence electrons. The van der Waals surface area contributed by atoms with Crippen molar-refractivity contribution >= 4 is 44.5 Å². The number of anilines is 1. The SMILES string of the molecule is CN(C)c1oc(C=Nc2cccc3ccccc23)cc1Br. The van der Waals surface area contributed by atoms with E-state index in [4.69, 9.17) is 4.42 Å². The van der Waals surface area contributed by atoms with Crippen molar-refractivity contribution in [2.24, 2.45) is 4.99 Å². The molecular weight excluding hydrogens is 328 g/mol. The Morgan fingerprint density at radius 3 is 2.62 bits per heavy atom. The van der Waals surface area contributed by atoms with Crippen molar-refractivity contribution in [3.8, 4) is 0 Å². The van der Waals surface area contributed by atoms with Gasteiger partial charge in [0.05, 0.1) is 16.4 Å². The Labute approximate surface area is 132 Å². The summed E-state index contributed by atoms with van der Waals surface area (Å²) in [4.78, 5) is 6.48. The normalized spacial score (nSPS) is 11.4. The van der Waals surface area contributed by atoms with E-state index in [9.17, 15) is 0 Å². The van der Waals surface area contributed by atoms with E-state index < -0.39 is 0 Å². The third-order valence-corrected chi connectivity index (χ3v) is 3.76. The minimum absolute atomic E-state index is 0.721. The zero-order valence-corrected chi connectivity index (χ0v) is 13.5. The molecule has 0 aliphatic heterocycles. The summed E-state index contributed by atoms with van der Waals surface area (Å²) >= 11 is 3.49. The van der Waals surface area contributed by atoms with E-state index >= 15 is 0 Å². The molecule has 1 heterocycles. The highest BCUT2D eigenvalue weighted by molar-refractivity contribution is 9.10. The minimum atomic E-state index is 0.721. The van der Waals surface area contributed by atoms with Crippen molar-refractivity contribution in [1.82, 2.24) is 0 Å². The third kappa shape index (κ3) is 2.85. The Hall–Kier alpha value is -2.07. The van der Waals surface area contributed by atoms with E-state index in [1.807, 2.05) is 49.3 Å². The van der Waals surface area contributed by atoms with E-state index in [-0.39, 0.29) is 0 Å². The Kier molecular flexibility index (Phi) is 3.80. The Bertz CT molecular complexity index is 800. The van der Waals surface area contributed by atoms with Crippen LogP contribution in [0.3, 0.4) is 0 Å². The van der Waals surface area contributed by atoms with Gasteiger partial charge in [0, 0.05) is 25.5 Å². The molecule has 0 amide bonds. The van der Waals surface area contributed by atoms with Gasteiger partial charge in [0.2, 0.25) is 5.88 Å². The minimum Gasteiger partial charge on any atom is -0.438 e. The van der Waals surface area contributed by atoms with Crippen molar-refractivity contribution < 1.29 is 4.42 Å². The first-order valence-corrected chi connectivity index (χ1v) is 7.43. The predicted molar refractivity (Wildman–Crippen MR) is 91.9 cm³/mol. The fourth-order valence-corrected chi connectivity index (χ4v) is 2.86. The highest BCUT2D eigenvalue weighted by atomic mass is 79.9. The molecule has 0 unspecified atom stereocenters. The number of hydrogen-bond donors (Lipinski definition) is 0. The van der Waals surface area contributed by atoms with Crippen LogP contribution in [0.15, 0.2) is 62.4 Å². The number of hydrogen-bond acceptors (Lipinski definition) is 3. The summed E-state index contributed by atoms with van der Waals surface area (Å²) in [6, 6.07) is 16.2. The van der Waals surface area contributed by atoms with Crippen molar-refractivity contribution in [2.45, 2.75) is 0 Å². The summed E-state index contributed by atoms with van der Waals surface area (Å²) in [7, 11) is 3.88. The molecule has 0 N–H and O–H groups in total. The van der Waals surface area contributed by atoms with Gasteiger partial charge in [-0.05, 0) is 27.4 Å². The first-order chi connectivity index (χ1) is 10.1. The predicted octanol–water partition coefficient (Wildman–Crippen LogP) is 5.01. The van der Waals surface area contributed by atoms with Gasteiger partial charge in [-0.25, -0.2) is 0 Å². The number of fused-ring (bicyclic) bond motifs is 1. The van der Waals surface area contributed by atoms with Crippen molar-refractivity contribution in [3.05, 3.63) is 58.8 Å². The molecule has 0 radical (unpaired) electrons. The number of furan rings is 1. The lowest BCUT2D eigenvalue weighted by molar-refractivity contribution is 0.557. The first kappa shape index (κ1) is 13.9. The van der Waals surface area contributed by atoms with Crippen LogP contribution < -0.4 is 4.90 Å². The van der Waals surface area contributed by atoms with Crippen LogP contribution in [0.2, 0.25) is 0 Å². The molecule has 0 spiro atoms. The maximum atomic E-state index is 5.74. The molecular formula is C17H15BrN2O. The average molecular weight is 343 g/mol. The van der Waals surface area contributed by atoms with Gasteiger partial charge in [-0.3, -0.25) is 4.99 Å². The molecule has 0 atom stereocenters. The van der Waals surface area contributed by atoms with Gasteiger partial charge in [0.15, 0.2) is 0 Å². The smallest absolute Gasteiger partial charge is 0.210 e. The first-order valence-electron chi connectivity index (χ1n) is 6.63. The van der Waals surface area contributed by atoms with Crippen LogP contribution in [0.5, 0.6) is 0 Å². The maximum Gasteiger partial charge on any atom is 0.210 e. The lowest BCUT2D eigenvalue weighted by Crippen LogP contribution is -2.07. The van der Waals surface area contributed by atoms with Crippen molar-refractivity contribution in [3.63, 3.8) is 0 Å². The molecule has 0 aliphatic rings. The standard InChI is InChI=1S/C17H15BrN2O/c1-20(2)17-15(18)10-13(21-17)11-19-16-9-5-7-12-6-3-4-8-14(12)16/h3-11H,1-2H3. The molecule has 0 saturated carbocycles. The van der Waals surface area contributed by atoms with Crippen LogP contribution >= 0.6 is 15.9 Å². The van der Waals surface area contributed by atoms with Crippen molar-refractivity contribution in [1.29, 1.82) is 0 Å². The molecule has 1 aromatic heterocycles.